The number of hydrogen-bond acceptors (Lipinski definition) is 7. The number of ether oxygens (including phenoxy) is 2. The predicted octanol–water partition coefficient (Wildman–Crippen LogP) is 3.95. The molecule has 1 heterocycles. The zero-order valence-corrected chi connectivity index (χ0v) is 20.3. The monoisotopic (exact) mass is 488 g/mol. The molecule has 178 valence electrons. The van der Waals surface area contributed by atoms with E-state index in [9.17, 15) is 9.59 Å². The van der Waals surface area contributed by atoms with E-state index in [-0.39, 0.29) is 17.2 Å². The molecule has 0 fully saturated rings. The van der Waals surface area contributed by atoms with Gasteiger partial charge < -0.3 is 9.47 Å². The molecule has 4 aromatic rings. The molecule has 1 N–H and O–H groups in total. The van der Waals surface area contributed by atoms with Crippen molar-refractivity contribution in [1.82, 2.24) is 15.0 Å². The number of thioether (sulfide) groups is 1. The minimum Gasteiger partial charge on any atom is -0.497 e. The number of nitrogens with one attached hydrogen (secondary N) is 1. The summed E-state index contributed by atoms with van der Waals surface area (Å²) in [6.45, 7) is 1.93. The molecular weight excluding hydrogens is 464 g/mol. The van der Waals surface area contributed by atoms with Crippen LogP contribution in [0.3, 0.4) is 0 Å². The Morgan fingerprint density at radius 1 is 1.09 bits per heavy atom. The molecule has 0 aliphatic heterocycles. The summed E-state index contributed by atoms with van der Waals surface area (Å²) in [4.78, 5) is 30.6. The molecule has 9 heteroatoms. The lowest BCUT2D eigenvalue weighted by Crippen LogP contribution is -2.24. The van der Waals surface area contributed by atoms with Crippen molar-refractivity contribution < 1.29 is 14.3 Å². The number of rotatable bonds is 8. The lowest BCUT2D eigenvalue weighted by molar-refractivity contribution is -0.118. The summed E-state index contributed by atoms with van der Waals surface area (Å²) in [5.41, 5.74) is 5.21. The van der Waals surface area contributed by atoms with Crippen LogP contribution >= 0.6 is 11.8 Å². The number of benzene rings is 3. The van der Waals surface area contributed by atoms with E-state index >= 15 is 0 Å². The van der Waals surface area contributed by atoms with E-state index in [1.165, 1.54) is 18.0 Å². The van der Waals surface area contributed by atoms with E-state index in [2.05, 4.69) is 15.5 Å². The maximum atomic E-state index is 13.4. The third-order valence-electron chi connectivity index (χ3n) is 5.26. The first-order valence-electron chi connectivity index (χ1n) is 10.8. The quantitative estimate of drug-likeness (QED) is 0.175. The van der Waals surface area contributed by atoms with Crippen LogP contribution in [0.1, 0.15) is 11.1 Å². The van der Waals surface area contributed by atoms with Gasteiger partial charge in [-0.3, -0.25) is 14.2 Å². The van der Waals surface area contributed by atoms with Gasteiger partial charge in [0.2, 0.25) is 0 Å². The molecule has 0 atom stereocenters. The minimum atomic E-state index is -0.341. The van der Waals surface area contributed by atoms with Crippen molar-refractivity contribution in [2.75, 3.05) is 20.0 Å². The molecule has 0 saturated carbocycles. The van der Waals surface area contributed by atoms with E-state index in [4.69, 9.17) is 9.47 Å². The van der Waals surface area contributed by atoms with Gasteiger partial charge in [0.15, 0.2) is 5.16 Å². The van der Waals surface area contributed by atoms with Crippen molar-refractivity contribution >= 4 is 34.8 Å². The Balaban J connectivity index is 1.56. The number of methoxy groups -OCH3 is 2. The fourth-order valence-electron chi connectivity index (χ4n) is 3.51. The van der Waals surface area contributed by atoms with Crippen LogP contribution in [0.15, 0.2) is 81.8 Å². The first kappa shape index (κ1) is 24.0. The van der Waals surface area contributed by atoms with Crippen molar-refractivity contribution in [2.45, 2.75) is 12.1 Å². The van der Waals surface area contributed by atoms with Crippen LogP contribution in [0.25, 0.3) is 16.6 Å². The normalized spacial score (nSPS) is 11.1. The SMILES string of the molecule is COc1ccc(OC)c(/C=N\NC(=O)CSc2nc3ccccc3c(=O)n2-c2ccccc2C)c1. The summed E-state index contributed by atoms with van der Waals surface area (Å²) in [5, 5.41) is 4.98. The zero-order valence-electron chi connectivity index (χ0n) is 19.5. The van der Waals surface area contributed by atoms with Crippen molar-refractivity contribution in [3.05, 3.63) is 88.2 Å². The van der Waals surface area contributed by atoms with Crippen molar-refractivity contribution in [3.63, 3.8) is 0 Å². The molecular formula is C26H24N4O4S. The van der Waals surface area contributed by atoms with Crippen LogP contribution in [-0.2, 0) is 4.79 Å². The van der Waals surface area contributed by atoms with Crippen LogP contribution in [0.4, 0.5) is 0 Å². The number of carbonyl (C=O) groups is 1. The van der Waals surface area contributed by atoms with Gasteiger partial charge in [0.1, 0.15) is 11.5 Å². The molecule has 3 aromatic carbocycles. The molecule has 0 spiro atoms. The Labute approximate surface area is 206 Å². The summed E-state index contributed by atoms with van der Waals surface area (Å²) < 4.78 is 12.1. The van der Waals surface area contributed by atoms with E-state index in [0.717, 1.165) is 11.3 Å². The molecule has 1 amide bonds. The van der Waals surface area contributed by atoms with Gasteiger partial charge in [-0.2, -0.15) is 5.10 Å². The van der Waals surface area contributed by atoms with Gasteiger partial charge in [-0.1, -0.05) is 42.1 Å². The van der Waals surface area contributed by atoms with Gasteiger partial charge in [-0.15, -0.1) is 0 Å². The Bertz CT molecular complexity index is 1470. The summed E-state index contributed by atoms with van der Waals surface area (Å²) >= 11 is 1.17. The van der Waals surface area contributed by atoms with Crippen molar-refractivity contribution in [3.8, 4) is 17.2 Å². The first-order valence-corrected chi connectivity index (χ1v) is 11.7. The minimum absolute atomic E-state index is 0.0171. The number of carbonyl (C=O) groups excluding carboxylic acids is 1. The van der Waals surface area contributed by atoms with Crippen molar-refractivity contribution in [1.29, 1.82) is 0 Å². The number of hydrazone groups is 1. The number of fused-ring (bicyclic) bond motifs is 1. The van der Waals surface area contributed by atoms with Crippen LogP contribution in [0.5, 0.6) is 11.5 Å². The molecule has 35 heavy (non-hydrogen) atoms. The molecule has 0 aliphatic carbocycles. The maximum Gasteiger partial charge on any atom is 0.266 e. The van der Waals surface area contributed by atoms with Gasteiger partial charge in [0.05, 0.1) is 42.8 Å². The van der Waals surface area contributed by atoms with E-state index in [1.807, 2.05) is 43.3 Å². The Kier molecular flexibility index (Phi) is 7.47. The third-order valence-corrected chi connectivity index (χ3v) is 6.20. The van der Waals surface area contributed by atoms with Gasteiger partial charge in [-0.05, 0) is 48.9 Å². The fourth-order valence-corrected chi connectivity index (χ4v) is 4.31. The molecule has 1 aromatic heterocycles. The largest absolute Gasteiger partial charge is 0.497 e. The predicted molar refractivity (Wildman–Crippen MR) is 138 cm³/mol. The highest BCUT2D eigenvalue weighted by Gasteiger charge is 2.16. The summed E-state index contributed by atoms with van der Waals surface area (Å²) in [5.74, 6) is 0.918. The van der Waals surface area contributed by atoms with Gasteiger partial charge in [0.25, 0.3) is 11.5 Å². The van der Waals surface area contributed by atoms with Crippen LogP contribution < -0.4 is 20.5 Å². The number of aromatic nitrogens is 2. The second-order valence-electron chi connectivity index (χ2n) is 7.53. The Morgan fingerprint density at radius 2 is 1.86 bits per heavy atom. The van der Waals surface area contributed by atoms with Crippen LogP contribution in [0.2, 0.25) is 0 Å². The maximum absolute atomic E-state index is 13.4. The number of para-hydroxylation sites is 2. The Morgan fingerprint density at radius 3 is 2.63 bits per heavy atom. The standard InChI is InChI=1S/C26H24N4O4S/c1-17-8-4-7-11-22(17)30-25(32)20-9-5-6-10-21(20)28-26(30)35-16-24(31)29-27-15-18-14-19(33-2)12-13-23(18)34-3/h4-15H,16H2,1-3H3,(H,29,31)/b27-15-. The summed E-state index contributed by atoms with van der Waals surface area (Å²) in [7, 11) is 3.12. The molecule has 4 rings (SSSR count). The highest BCUT2D eigenvalue weighted by atomic mass is 32.2. The van der Waals surface area contributed by atoms with E-state index < -0.39 is 0 Å². The topological polar surface area (TPSA) is 94.8 Å². The molecule has 0 unspecified atom stereocenters. The number of hydrogen-bond donors (Lipinski definition) is 1. The molecule has 0 radical (unpaired) electrons. The highest BCUT2D eigenvalue weighted by Crippen LogP contribution is 2.24. The first-order chi connectivity index (χ1) is 17.0. The smallest absolute Gasteiger partial charge is 0.266 e. The highest BCUT2D eigenvalue weighted by molar-refractivity contribution is 7.99. The van der Waals surface area contributed by atoms with Gasteiger partial charge in [0, 0.05) is 5.56 Å². The van der Waals surface area contributed by atoms with Gasteiger partial charge in [-0.25, -0.2) is 10.4 Å². The third kappa shape index (κ3) is 5.36. The number of aryl methyl sites for hydroxylation is 1. The van der Waals surface area contributed by atoms with Crippen LogP contribution in [-0.4, -0.2) is 41.6 Å². The van der Waals surface area contributed by atoms with Crippen LogP contribution in [0, 0.1) is 6.92 Å². The zero-order chi connectivity index (χ0) is 24.8. The molecule has 0 aliphatic rings. The summed E-state index contributed by atoms with van der Waals surface area (Å²) in [6, 6.07) is 20.0. The average Bonchev–Trinajstić information content (AvgIpc) is 2.88. The second-order valence-corrected chi connectivity index (χ2v) is 8.47. The van der Waals surface area contributed by atoms with Crippen molar-refractivity contribution in [2.24, 2.45) is 5.10 Å². The van der Waals surface area contributed by atoms with E-state index in [0.29, 0.717) is 33.1 Å². The molecule has 0 saturated heterocycles. The van der Waals surface area contributed by atoms with E-state index in [1.54, 1.807) is 49.1 Å². The second kappa shape index (κ2) is 10.9. The number of nitrogens with zero attached hydrogens (tertiary/aromatic N) is 3. The number of amides is 1. The molecule has 0 bridgehead atoms. The summed E-state index contributed by atoms with van der Waals surface area (Å²) in [6.07, 6.45) is 1.49. The average molecular weight is 489 g/mol. The Hall–Kier alpha value is -4.11. The lowest BCUT2D eigenvalue weighted by Gasteiger charge is -2.14. The molecule has 8 nitrogen and oxygen atoms in total. The lowest BCUT2D eigenvalue weighted by atomic mass is 10.2. The van der Waals surface area contributed by atoms with Gasteiger partial charge >= 0.3 is 0 Å². The fraction of sp³-hybridized carbons (Fsp3) is 0.154.